The molecule has 0 N–H and O–H groups in total. The molecule has 0 bridgehead atoms. The third-order valence-corrected chi connectivity index (χ3v) is 2.96. The van der Waals surface area contributed by atoms with Crippen molar-refractivity contribution in [2.24, 2.45) is 0 Å². The second kappa shape index (κ2) is 8.15. The van der Waals surface area contributed by atoms with E-state index in [1.165, 1.54) is 18.2 Å². The van der Waals surface area contributed by atoms with Crippen LogP contribution in [0.1, 0.15) is 11.1 Å². The first kappa shape index (κ1) is 17.5. The summed E-state index contributed by atoms with van der Waals surface area (Å²) in [6, 6.07) is 17.5. The molecule has 0 saturated carbocycles. The molecule has 124 valence electrons. The Morgan fingerprint density at radius 1 is 0.917 bits per heavy atom. The molecule has 0 radical (unpaired) electrons. The third kappa shape index (κ3) is 6.12. The number of alkyl halides is 3. The Labute approximate surface area is 137 Å². The third-order valence-electron chi connectivity index (χ3n) is 2.96. The van der Waals surface area contributed by atoms with Crippen molar-refractivity contribution < 1.29 is 22.7 Å². The van der Waals surface area contributed by atoms with Gasteiger partial charge in [0.2, 0.25) is 5.78 Å². The first-order chi connectivity index (χ1) is 11.4. The zero-order valence-corrected chi connectivity index (χ0v) is 12.7. The molecule has 0 spiro atoms. The Balaban J connectivity index is 2.19. The van der Waals surface area contributed by atoms with Gasteiger partial charge in [-0.1, -0.05) is 66.7 Å². The van der Waals surface area contributed by atoms with Crippen molar-refractivity contribution in [3.8, 4) is 0 Å². The summed E-state index contributed by atoms with van der Waals surface area (Å²) in [5.41, 5.74) is 1.34. The standard InChI is InChI=1S/C19H15F3O2/c20-19(21,22)14-24-18(13-16-9-5-2-6-10-16)17(23)12-11-15-7-3-1-4-8-15/h1-13H,14H2. The molecule has 2 rings (SSSR count). The summed E-state index contributed by atoms with van der Waals surface area (Å²) in [6.45, 7) is -1.52. The highest BCUT2D eigenvalue weighted by atomic mass is 19.4. The van der Waals surface area contributed by atoms with E-state index in [1.807, 2.05) is 6.07 Å². The molecule has 0 atom stereocenters. The van der Waals surface area contributed by atoms with Gasteiger partial charge < -0.3 is 4.74 Å². The monoisotopic (exact) mass is 332 g/mol. The van der Waals surface area contributed by atoms with Gasteiger partial charge in [0.15, 0.2) is 12.4 Å². The molecule has 0 aliphatic heterocycles. The molecule has 0 heterocycles. The normalized spacial score (nSPS) is 12.4. The van der Waals surface area contributed by atoms with Crippen LogP contribution < -0.4 is 0 Å². The van der Waals surface area contributed by atoms with Crippen molar-refractivity contribution in [3.63, 3.8) is 0 Å². The lowest BCUT2D eigenvalue weighted by Crippen LogP contribution is -2.18. The Hall–Kier alpha value is -2.82. The zero-order chi connectivity index (χ0) is 17.4. The molecule has 0 amide bonds. The molecule has 2 aromatic rings. The number of hydrogen-bond acceptors (Lipinski definition) is 2. The summed E-state index contributed by atoms with van der Waals surface area (Å²) in [5.74, 6) is -0.988. The number of allylic oxidation sites excluding steroid dienone is 1. The highest BCUT2D eigenvalue weighted by molar-refractivity contribution is 6.07. The van der Waals surface area contributed by atoms with Crippen LogP contribution in [0.4, 0.5) is 13.2 Å². The van der Waals surface area contributed by atoms with Crippen LogP contribution in [0, 0.1) is 0 Å². The molecule has 0 saturated heterocycles. The van der Waals surface area contributed by atoms with Crippen molar-refractivity contribution in [1.82, 2.24) is 0 Å². The first-order valence-corrected chi connectivity index (χ1v) is 7.18. The van der Waals surface area contributed by atoms with Gasteiger partial charge in [-0.3, -0.25) is 4.79 Å². The van der Waals surface area contributed by atoms with E-state index in [0.717, 1.165) is 5.56 Å². The van der Waals surface area contributed by atoms with Gasteiger partial charge in [0, 0.05) is 0 Å². The highest BCUT2D eigenvalue weighted by Gasteiger charge is 2.29. The predicted molar refractivity (Wildman–Crippen MR) is 86.9 cm³/mol. The lowest BCUT2D eigenvalue weighted by molar-refractivity contribution is -0.165. The number of carbonyl (C=O) groups excluding carboxylic acids is 1. The number of rotatable bonds is 6. The molecule has 24 heavy (non-hydrogen) atoms. The molecular formula is C19H15F3O2. The van der Waals surface area contributed by atoms with Crippen LogP contribution in [-0.4, -0.2) is 18.6 Å². The van der Waals surface area contributed by atoms with E-state index in [9.17, 15) is 18.0 Å². The van der Waals surface area contributed by atoms with Crippen LogP contribution in [-0.2, 0) is 9.53 Å². The molecule has 5 heteroatoms. The number of ether oxygens (including phenoxy) is 1. The van der Waals surface area contributed by atoms with Crippen LogP contribution in [0.5, 0.6) is 0 Å². The quantitative estimate of drug-likeness (QED) is 0.556. The topological polar surface area (TPSA) is 26.3 Å². The Kier molecular flexibility index (Phi) is 5.95. The fraction of sp³-hybridized carbons (Fsp3) is 0.105. The van der Waals surface area contributed by atoms with Crippen LogP contribution in [0.2, 0.25) is 0 Å². The lowest BCUT2D eigenvalue weighted by atomic mass is 10.1. The second-order valence-corrected chi connectivity index (χ2v) is 4.93. The van der Waals surface area contributed by atoms with Crippen LogP contribution in [0.15, 0.2) is 72.5 Å². The minimum atomic E-state index is -4.51. The van der Waals surface area contributed by atoms with E-state index in [2.05, 4.69) is 0 Å². The van der Waals surface area contributed by atoms with Gasteiger partial charge >= 0.3 is 6.18 Å². The van der Waals surface area contributed by atoms with E-state index < -0.39 is 18.6 Å². The molecule has 2 aromatic carbocycles. The van der Waals surface area contributed by atoms with Crippen molar-refractivity contribution in [2.45, 2.75) is 6.18 Å². The highest BCUT2D eigenvalue weighted by Crippen LogP contribution is 2.18. The smallest absolute Gasteiger partial charge is 0.422 e. The molecule has 0 aromatic heterocycles. The maximum atomic E-state index is 12.4. The van der Waals surface area contributed by atoms with Crippen molar-refractivity contribution >= 4 is 17.9 Å². The SMILES string of the molecule is O=C(C=Cc1ccccc1)C(=Cc1ccccc1)OCC(F)(F)F. The summed E-state index contributed by atoms with van der Waals surface area (Å²) < 4.78 is 41.9. The van der Waals surface area contributed by atoms with Crippen molar-refractivity contribution in [3.05, 3.63) is 83.6 Å². The van der Waals surface area contributed by atoms with Crippen molar-refractivity contribution in [1.29, 1.82) is 0 Å². The van der Waals surface area contributed by atoms with Crippen LogP contribution in [0.3, 0.4) is 0 Å². The number of halogens is 3. The van der Waals surface area contributed by atoms with E-state index >= 15 is 0 Å². The predicted octanol–water partition coefficient (Wildman–Crippen LogP) is 4.89. The van der Waals surface area contributed by atoms with Crippen molar-refractivity contribution in [2.75, 3.05) is 6.61 Å². The molecule has 2 nitrogen and oxygen atoms in total. The average molecular weight is 332 g/mol. The summed E-state index contributed by atoms with van der Waals surface area (Å²) in [5, 5.41) is 0. The number of ketones is 1. The van der Waals surface area contributed by atoms with Gasteiger partial charge in [0.05, 0.1) is 0 Å². The minimum Gasteiger partial charge on any atom is -0.480 e. The maximum Gasteiger partial charge on any atom is 0.422 e. The van der Waals surface area contributed by atoms with E-state index in [1.54, 1.807) is 54.6 Å². The van der Waals surface area contributed by atoms with Gasteiger partial charge in [-0.25, -0.2) is 0 Å². The van der Waals surface area contributed by atoms with Gasteiger partial charge in [0.25, 0.3) is 0 Å². The summed E-state index contributed by atoms with van der Waals surface area (Å²) >= 11 is 0. The second-order valence-electron chi connectivity index (χ2n) is 4.93. The van der Waals surface area contributed by atoms with Crippen LogP contribution in [0.25, 0.3) is 12.2 Å². The number of benzene rings is 2. The average Bonchev–Trinajstić information content (AvgIpc) is 2.57. The van der Waals surface area contributed by atoms with E-state index in [0.29, 0.717) is 5.56 Å². The molecule has 0 fully saturated rings. The zero-order valence-electron chi connectivity index (χ0n) is 12.7. The Bertz CT molecular complexity index is 717. The van der Waals surface area contributed by atoms with E-state index in [-0.39, 0.29) is 5.76 Å². The molecule has 0 aliphatic carbocycles. The van der Waals surface area contributed by atoms with Gasteiger partial charge in [-0.15, -0.1) is 0 Å². The fourth-order valence-corrected chi connectivity index (χ4v) is 1.86. The van der Waals surface area contributed by atoms with E-state index in [4.69, 9.17) is 4.74 Å². The molecule has 0 unspecified atom stereocenters. The van der Waals surface area contributed by atoms with Crippen LogP contribution >= 0.6 is 0 Å². The fourth-order valence-electron chi connectivity index (χ4n) is 1.86. The lowest BCUT2D eigenvalue weighted by Gasteiger charge is -2.10. The van der Waals surface area contributed by atoms with Gasteiger partial charge in [-0.05, 0) is 23.3 Å². The summed E-state index contributed by atoms with van der Waals surface area (Å²) in [7, 11) is 0. The first-order valence-electron chi connectivity index (χ1n) is 7.18. The summed E-state index contributed by atoms with van der Waals surface area (Å²) in [4.78, 5) is 12.2. The Morgan fingerprint density at radius 3 is 2.00 bits per heavy atom. The van der Waals surface area contributed by atoms with Gasteiger partial charge in [0.1, 0.15) is 0 Å². The Morgan fingerprint density at radius 2 is 1.46 bits per heavy atom. The summed E-state index contributed by atoms with van der Waals surface area (Å²) in [6.07, 6.45) is -0.499. The molecule has 0 aliphatic rings. The largest absolute Gasteiger partial charge is 0.480 e. The number of hydrogen-bond donors (Lipinski definition) is 0. The minimum absolute atomic E-state index is 0.356. The van der Waals surface area contributed by atoms with Gasteiger partial charge in [-0.2, -0.15) is 13.2 Å². The molecular weight excluding hydrogens is 317 g/mol. The maximum absolute atomic E-state index is 12.4. The number of carbonyl (C=O) groups is 1.